The third-order valence-electron chi connectivity index (χ3n) is 2.19. The fourth-order valence-electron chi connectivity index (χ4n) is 1.41. The Kier molecular flexibility index (Phi) is 2.68. The highest BCUT2D eigenvalue weighted by atomic mass is 16.5. The molecular weight excluding hydrogens is 208 g/mol. The van der Waals surface area contributed by atoms with Gasteiger partial charge in [-0.05, 0) is 19.1 Å². The van der Waals surface area contributed by atoms with Crippen LogP contribution in [0.15, 0.2) is 29.0 Å². The number of methoxy groups -OCH3 is 1. The van der Waals surface area contributed by atoms with Gasteiger partial charge >= 0.3 is 5.97 Å². The molecule has 5 nitrogen and oxygen atoms in total. The Morgan fingerprint density at radius 1 is 1.50 bits per heavy atom. The van der Waals surface area contributed by atoms with E-state index >= 15 is 0 Å². The van der Waals surface area contributed by atoms with Crippen LogP contribution in [-0.2, 0) is 4.74 Å². The van der Waals surface area contributed by atoms with E-state index in [1.54, 1.807) is 31.5 Å². The van der Waals surface area contributed by atoms with Crippen LogP contribution in [0.4, 0.5) is 0 Å². The summed E-state index contributed by atoms with van der Waals surface area (Å²) >= 11 is 0. The summed E-state index contributed by atoms with van der Waals surface area (Å²) in [5.41, 5.74) is 1.52. The number of esters is 1. The summed E-state index contributed by atoms with van der Waals surface area (Å²) in [4.78, 5) is 15.5. The van der Waals surface area contributed by atoms with Gasteiger partial charge in [0.05, 0.1) is 7.11 Å². The van der Waals surface area contributed by atoms with Crippen LogP contribution in [0, 0.1) is 6.92 Å². The van der Waals surface area contributed by atoms with Gasteiger partial charge in [-0.3, -0.25) is 4.98 Å². The summed E-state index contributed by atoms with van der Waals surface area (Å²) in [5.74, 6) is -0.0247. The van der Waals surface area contributed by atoms with E-state index < -0.39 is 5.97 Å². The molecule has 0 saturated carbocycles. The Morgan fingerprint density at radius 3 is 2.94 bits per heavy atom. The lowest BCUT2D eigenvalue weighted by molar-refractivity contribution is 0.0599. The number of pyridine rings is 1. The van der Waals surface area contributed by atoms with E-state index in [0.717, 1.165) is 5.56 Å². The van der Waals surface area contributed by atoms with Crippen molar-refractivity contribution in [3.05, 3.63) is 35.9 Å². The molecule has 0 aliphatic heterocycles. The first-order valence-electron chi connectivity index (χ1n) is 4.69. The molecule has 0 atom stereocenters. The zero-order valence-electron chi connectivity index (χ0n) is 8.93. The molecule has 0 N–H and O–H groups in total. The first-order chi connectivity index (χ1) is 7.74. The van der Waals surface area contributed by atoms with Gasteiger partial charge in [0, 0.05) is 18.0 Å². The number of hydrogen-bond donors (Lipinski definition) is 0. The van der Waals surface area contributed by atoms with E-state index in [4.69, 9.17) is 4.52 Å². The van der Waals surface area contributed by atoms with Gasteiger partial charge < -0.3 is 9.26 Å². The second-order valence-electron chi connectivity index (χ2n) is 3.20. The highest BCUT2D eigenvalue weighted by Gasteiger charge is 2.21. The zero-order chi connectivity index (χ0) is 11.5. The highest BCUT2D eigenvalue weighted by molar-refractivity contribution is 5.96. The van der Waals surface area contributed by atoms with Gasteiger partial charge in [0.1, 0.15) is 17.0 Å². The predicted molar refractivity (Wildman–Crippen MR) is 55.8 cm³/mol. The summed E-state index contributed by atoms with van der Waals surface area (Å²) in [6.45, 7) is 1.67. The van der Waals surface area contributed by atoms with Crippen LogP contribution in [0.5, 0.6) is 0 Å². The van der Waals surface area contributed by atoms with E-state index in [-0.39, 0.29) is 0 Å². The number of aromatic nitrogens is 2. The largest absolute Gasteiger partial charge is 0.465 e. The molecule has 2 aromatic heterocycles. The number of rotatable bonds is 2. The Labute approximate surface area is 92.0 Å². The third kappa shape index (κ3) is 1.67. The summed E-state index contributed by atoms with van der Waals surface area (Å²) in [6, 6.07) is 3.57. The molecule has 2 aromatic rings. The minimum atomic E-state index is -0.461. The van der Waals surface area contributed by atoms with Crippen LogP contribution in [-0.4, -0.2) is 23.2 Å². The van der Waals surface area contributed by atoms with Crippen LogP contribution >= 0.6 is 0 Å². The number of aryl methyl sites for hydroxylation is 1. The summed E-state index contributed by atoms with van der Waals surface area (Å²) < 4.78 is 9.67. The van der Waals surface area contributed by atoms with Gasteiger partial charge in [-0.15, -0.1) is 0 Å². The number of carbonyl (C=O) groups is 1. The van der Waals surface area contributed by atoms with Crippen molar-refractivity contribution in [2.75, 3.05) is 7.11 Å². The SMILES string of the molecule is COC(=O)c1c(-c2cccnc2)noc1C. The molecule has 2 rings (SSSR count). The van der Waals surface area contributed by atoms with Crippen molar-refractivity contribution >= 4 is 5.97 Å². The minimum Gasteiger partial charge on any atom is -0.465 e. The van der Waals surface area contributed by atoms with Crippen molar-refractivity contribution in [1.82, 2.24) is 10.1 Å². The molecule has 0 radical (unpaired) electrons. The van der Waals surface area contributed by atoms with E-state index in [0.29, 0.717) is 17.0 Å². The van der Waals surface area contributed by atoms with Gasteiger partial charge in [0.25, 0.3) is 0 Å². The van der Waals surface area contributed by atoms with Crippen molar-refractivity contribution in [2.24, 2.45) is 0 Å². The normalized spacial score (nSPS) is 10.1. The van der Waals surface area contributed by atoms with E-state index in [2.05, 4.69) is 14.9 Å². The van der Waals surface area contributed by atoms with Crippen LogP contribution in [0.3, 0.4) is 0 Å². The highest BCUT2D eigenvalue weighted by Crippen LogP contribution is 2.24. The van der Waals surface area contributed by atoms with Crippen molar-refractivity contribution < 1.29 is 14.1 Å². The standard InChI is InChI=1S/C11H10N2O3/c1-7-9(11(14)15-2)10(13-16-7)8-4-3-5-12-6-8/h3-6H,1-2H3. The molecule has 0 fully saturated rings. The van der Waals surface area contributed by atoms with Gasteiger partial charge in [0.2, 0.25) is 0 Å². The maximum Gasteiger partial charge on any atom is 0.343 e. The molecule has 0 aliphatic rings. The van der Waals surface area contributed by atoms with Crippen molar-refractivity contribution in [2.45, 2.75) is 6.92 Å². The van der Waals surface area contributed by atoms with Crippen molar-refractivity contribution in [3.63, 3.8) is 0 Å². The van der Waals surface area contributed by atoms with Crippen LogP contribution in [0.25, 0.3) is 11.3 Å². The molecule has 0 spiro atoms. The molecule has 0 bridgehead atoms. The van der Waals surface area contributed by atoms with Crippen LogP contribution in [0.1, 0.15) is 16.1 Å². The lowest BCUT2D eigenvalue weighted by atomic mass is 10.1. The fraction of sp³-hybridized carbons (Fsp3) is 0.182. The second kappa shape index (κ2) is 4.14. The van der Waals surface area contributed by atoms with Crippen LogP contribution < -0.4 is 0 Å². The van der Waals surface area contributed by atoms with E-state index in [9.17, 15) is 4.79 Å². The molecule has 16 heavy (non-hydrogen) atoms. The van der Waals surface area contributed by atoms with Crippen molar-refractivity contribution in [3.8, 4) is 11.3 Å². The minimum absolute atomic E-state index is 0.343. The summed E-state index contributed by atoms with van der Waals surface area (Å²) in [6.07, 6.45) is 3.26. The first-order valence-corrected chi connectivity index (χ1v) is 4.69. The number of ether oxygens (including phenoxy) is 1. The first kappa shape index (κ1) is 10.4. The summed E-state index contributed by atoms with van der Waals surface area (Å²) in [5, 5.41) is 3.84. The molecule has 0 aliphatic carbocycles. The average Bonchev–Trinajstić information content (AvgIpc) is 2.71. The lowest BCUT2D eigenvalue weighted by Crippen LogP contribution is -2.03. The number of nitrogens with zero attached hydrogens (tertiary/aromatic N) is 2. The molecule has 0 amide bonds. The molecule has 2 heterocycles. The van der Waals surface area contributed by atoms with Gasteiger partial charge in [-0.1, -0.05) is 5.16 Å². The van der Waals surface area contributed by atoms with Crippen molar-refractivity contribution in [1.29, 1.82) is 0 Å². The monoisotopic (exact) mass is 218 g/mol. The zero-order valence-corrected chi connectivity index (χ0v) is 8.93. The maximum atomic E-state index is 11.5. The summed E-state index contributed by atoms with van der Waals surface area (Å²) in [7, 11) is 1.32. The Balaban J connectivity index is 2.55. The Bertz CT molecular complexity index is 505. The van der Waals surface area contributed by atoms with E-state index in [1.807, 2.05) is 0 Å². The topological polar surface area (TPSA) is 65.2 Å². The fourth-order valence-corrected chi connectivity index (χ4v) is 1.41. The molecule has 0 unspecified atom stereocenters. The third-order valence-corrected chi connectivity index (χ3v) is 2.19. The van der Waals surface area contributed by atoms with Gasteiger partial charge in [-0.2, -0.15) is 0 Å². The van der Waals surface area contributed by atoms with Crippen LogP contribution in [0.2, 0.25) is 0 Å². The molecular formula is C11H10N2O3. The second-order valence-corrected chi connectivity index (χ2v) is 3.20. The molecule has 5 heteroatoms. The Morgan fingerprint density at radius 2 is 2.31 bits per heavy atom. The molecule has 0 saturated heterocycles. The molecule has 82 valence electrons. The van der Waals surface area contributed by atoms with E-state index in [1.165, 1.54) is 7.11 Å². The number of carbonyl (C=O) groups excluding carboxylic acids is 1. The smallest absolute Gasteiger partial charge is 0.343 e. The Hall–Kier alpha value is -2.17. The quantitative estimate of drug-likeness (QED) is 0.719. The lowest BCUT2D eigenvalue weighted by Gasteiger charge is -1.99. The average molecular weight is 218 g/mol. The maximum absolute atomic E-state index is 11.5. The number of hydrogen-bond acceptors (Lipinski definition) is 5. The molecule has 0 aromatic carbocycles. The predicted octanol–water partition coefficient (Wildman–Crippen LogP) is 1.83. The van der Waals surface area contributed by atoms with Gasteiger partial charge in [0.15, 0.2) is 0 Å². The van der Waals surface area contributed by atoms with Gasteiger partial charge in [-0.25, -0.2) is 4.79 Å².